The molecule has 3 aromatic rings. The summed E-state index contributed by atoms with van der Waals surface area (Å²) in [5, 5.41) is 0.720. The third-order valence-corrected chi connectivity index (χ3v) is 6.34. The normalized spacial score (nSPS) is 10.8. The van der Waals surface area contributed by atoms with E-state index in [0.29, 0.717) is 18.7 Å². The van der Waals surface area contributed by atoms with Gasteiger partial charge in [-0.1, -0.05) is 25.2 Å². The van der Waals surface area contributed by atoms with Crippen LogP contribution in [-0.4, -0.2) is 62.7 Å². The summed E-state index contributed by atoms with van der Waals surface area (Å²) < 4.78 is 6.64. The van der Waals surface area contributed by atoms with Gasteiger partial charge in [0.2, 0.25) is 0 Å². The van der Waals surface area contributed by atoms with Crippen LogP contribution >= 0.6 is 23.7 Å². The molecule has 32 heavy (non-hydrogen) atoms. The summed E-state index contributed by atoms with van der Waals surface area (Å²) in [7, 11) is 3.98. The predicted octanol–water partition coefficient (Wildman–Crippen LogP) is 5.17. The summed E-state index contributed by atoms with van der Waals surface area (Å²) in [6.07, 6.45) is 0. The van der Waals surface area contributed by atoms with E-state index in [4.69, 9.17) is 9.72 Å². The Hall–Kier alpha value is -2.35. The smallest absolute Gasteiger partial charge is 0.260 e. The second kappa shape index (κ2) is 12.0. The molecule has 0 radical (unpaired) electrons. The molecule has 0 saturated heterocycles. The number of carbonyl (C=O) groups is 1. The van der Waals surface area contributed by atoms with E-state index in [2.05, 4.69) is 18.7 Å². The fourth-order valence-corrected chi connectivity index (χ4v) is 4.41. The number of aromatic nitrogens is 1. The molecule has 0 atom stereocenters. The number of carbonyl (C=O) groups excluding carboxylic acids is 1. The number of amides is 1. The van der Waals surface area contributed by atoms with Crippen LogP contribution < -0.4 is 14.5 Å². The van der Waals surface area contributed by atoms with Gasteiger partial charge >= 0.3 is 0 Å². The summed E-state index contributed by atoms with van der Waals surface area (Å²) in [5.74, 6) is 0.798. The van der Waals surface area contributed by atoms with Crippen molar-refractivity contribution in [3.63, 3.8) is 0 Å². The van der Waals surface area contributed by atoms with Gasteiger partial charge in [-0.3, -0.25) is 9.69 Å². The van der Waals surface area contributed by atoms with Crippen molar-refractivity contribution in [2.75, 3.05) is 56.7 Å². The number of hydrogen-bond donors (Lipinski definition) is 0. The van der Waals surface area contributed by atoms with E-state index in [-0.39, 0.29) is 18.3 Å². The molecule has 0 saturated carbocycles. The molecule has 0 fully saturated rings. The highest BCUT2D eigenvalue weighted by molar-refractivity contribution is 7.22. The average Bonchev–Trinajstić information content (AvgIpc) is 3.19. The minimum atomic E-state index is -0.0263. The molecule has 1 aromatic heterocycles. The standard InChI is InChI=1S/C24H32N4O2S.ClH/c1-6-27(7-2)15-16-28(23(29)18-9-11-19(12-10-18)26(4)5)24-25-21-14-13-20(30-8-3)17-22(21)31-24;/h9-14,17H,6-8,15-16H2,1-5H3;1H. The van der Waals surface area contributed by atoms with Gasteiger partial charge in [-0.25, -0.2) is 4.98 Å². The first-order chi connectivity index (χ1) is 15.0. The molecule has 0 aliphatic carbocycles. The Kier molecular flexibility index (Phi) is 9.75. The van der Waals surface area contributed by atoms with Crippen LogP contribution in [0.4, 0.5) is 10.8 Å². The van der Waals surface area contributed by atoms with Gasteiger partial charge in [0.05, 0.1) is 16.8 Å². The summed E-state index contributed by atoms with van der Waals surface area (Å²) in [6.45, 7) is 10.2. The predicted molar refractivity (Wildman–Crippen MR) is 138 cm³/mol. The number of anilines is 2. The lowest BCUT2D eigenvalue weighted by Crippen LogP contribution is -2.38. The van der Waals surface area contributed by atoms with Crippen molar-refractivity contribution >= 4 is 50.7 Å². The van der Waals surface area contributed by atoms with E-state index in [1.807, 2.05) is 73.3 Å². The van der Waals surface area contributed by atoms with Crippen LogP contribution in [0.1, 0.15) is 31.1 Å². The van der Waals surface area contributed by atoms with Crippen LogP contribution in [0.15, 0.2) is 42.5 Å². The highest BCUT2D eigenvalue weighted by atomic mass is 35.5. The first-order valence-corrected chi connectivity index (χ1v) is 11.6. The van der Waals surface area contributed by atoms with E-state index >= 15 is 0 Å². The zero-order chi connectivity index (χ0) is 22.4. The molecular weight excluding hydrogens is 444 g/mol. The molecule has 1 heterocycles. The van der Waals surface area contributed by atoms with Crippen molar-refractivity contribution in [2.45, 2.75) is 20.8 Å². The molecule has 8 heteroatoms. The molecule has 0 spiro atoms. The molecule has 6 nitrogen and oxygen atoms in total. The molecule has 0 unspecified atom stereocenters. The maximum absolute atomic E-state index is 13.5. The maximum atomic E-state index is 13.5. The Morgan fingerprint density at radius 3 is 2.28 bits per heavy atom. The quantitative estimate of drug-likeness (QED) is 0.404. The Morgan fingerprint density at radius 1 is 1.00 bits per heavy atom. The van der Waals surface area contributed by atoms with Crippen LogP contribution in [0.3, 0.4) is 0 Å². The van der Waals surface area contributed by atoms with E-state index in [0.717, 1.165) is 46.4 Å². The third kappa shape index (κ3) is 6.12. The number of nitrogens with zero attached hydrogens (tertiary/aromatic N) is 4. The van der Waals surface area contributed by atoms with Gasteiger partial charge in [0.25, 0.3) is 5.91 Å². The highest BCUT2D eigenvalue weighted by Crippen LogP contribution is 2.32. The Morgan fingerprint density at radius 2 is 1.69 bits per heavy atom. The number of thiazole rings is 1. The number of fused-ring (bicyclic) bond motifs is 1. The molecule has 0 aliphatic rings. The fraction of sp³-hybridized carbons (Fsp3) is 0.417. The zero-order valence-corrected chi connectivity index (χ0v) is 21.1. The molecule has 174 valence electrons. The van der Waals surface area contributed by atoms with Gasteiger partial charge in [-0.2, -0.15) is 0 Å². The first-order valence-electron chi connectivity index (χ1n) is 10.8. The van der Waals surface area contributed by atoms with Crippen LogP contribution in [0, 0.1) is 0 Å². The van der Waals surface area contributed by atoms with E-state index in [1.54, 1.807) is 0 Å². The molecule has 1 amide bonds. The summed E-state index contributed by atoms with van der Waals surface area (Å²) in [4.78, 5) is 24.4. The number of ether oxygens (including phenoxy) is 1. The van der Waals surface area contributed by atoms with Crippen LogP contribution in [0.2, 0.25) is 0 Å². The third-order valence-electron chi connectivity index (χ3n) is 5.30. The van der Waals surface area contributed by atoms with Crippen molar-refractivity contribution in [3.05, 3.63) is 48.0 Å². The van der Waals surface area contributed by atoms with Gasteiger partial charge in [0.1, 0.15) is 5.75 Å². The number of hydrogen-bond acceptors (Lipinski definition) is 6. The molecule has 3 rings (SSSR count). The topological polar surface area (TPSA) is 48.9 Å². The van der Waals surface area contributed by atoms with E-state index < -0.39 is 0 Å². The van der Waals surface area contributed by atoms with Crippen molar-refractivity contribution in [2.24, 2.45) is 0 Å². The Bertz CT molecular complexity index is 1000. The Balaban J connectivity index is 0.00000363. The molecule has 0 N–H and O–H groups in total. The van der Waals surface area contributed by atoms with Gasteiger partial charge in [0.15, 0.2) is 5.13 Å². The second-order valence-corrected chi connectivity index (χ2v) is 8.49. The van der Waals surface area contributed by atoms with Crippen LogP contribution in [-0.2, 0) is 0 Å². The fourth-order valence-electron chi connectivity index (χ4n) is 3.39. The molecular formula is C24H33ClN4O2S. The van der Waals surface area contributed by atoms with E-state index in [1.165, 1.54) is 11.3 Å². The van der Waals surface area contributed by atoms with Gasteiger partial charge in [-0.15, -0.1) is 12.4 Å². The number of benzene rings is 2. The van der Waals surface area contributed by atoms with Gasteiger partial charge in [0, 0.05) is 38.4 Å². The molecule has 2 aromatic carbocycles. The summed E-state index contributed by atoms with van der Waals surface area (Å²) in [6, 6.07) is 13.6. The number of likely N-dealkylation sites (N-methyl/N-ethyl adjacent to an activating group) is 1. The van der Waals surface area contributed by atoms with Gasteiger partial charge < -0.3 is 14.5 Å². The zero-order valence-electron chi connectivity index (χ0n) is 19.5. The Labute approximate surface area is 201 Å². The first kappa shape index (κ1) is 25.9. The average molecular weight is 477 g/mol. The summed E-state index contributed by atoms with van der Waals surface area (Å²) in [5.41, 5.74) is 2.61. The van der Waals surface area contributed by atoms with Crippen LogP contribution in [0.25, 0.3) is 10.2 Å². The maximum Gasteiger partial charge on any atom is 0.260 e. The second-order valence-electron chi connectivity index (χ2n) is 7.48. The van der Waals surface area contributed by atoms with Crippen LogP contribution in [0.5, 0.6) is 5.75 Å². The SMILES string of the molecule is CCOc1ccc2nc(N(CCN(CC)CC)C(=O)c3ccc(N(C)C)cc3)sc2c1.Cl. The number of halogens is 1. The molecule has 0 bridgehead atoms. The van der Waals surface area contributed by atoms with Gasteiger partial charge in [-0.05, 0) is 62.5 Å². The van der Waals surface area contributed by atoms with Crippen molar-refractivity contribution in [3.8, 4) is 5.75 Å². The summed E-state index contributed by atoms with van der Waals surface area (Å²) >= 11 is 1.53. The lowest BCUT2D eigenvalue weighted by Gasteiger charge is -2.25. The van der Waals surface area contributed by atoms with Crippen molar-refractivity contribution in [1.29, 1.82) is 0 Å². The minimum Gasteiger partial charge on any atom is -0.494 e. The largest absolute Gasteiger partial charge is 0.494 e. The monoisotopic (exact) mass is 476 g/mol. The number of rotatable bonds is 10. The highest BCUT2D eigenvalue weighted by Gasteiger charge is 2.22. The van der Waals surface area contributed by atoms with E-state index in [9.17, 15) is 4.79 Å². The lowest BCUT2D eigenvalue weighted by atomic mass is 10.1. The minimum absolute atomic E-state index is 0. The molecule has 0 aliphatic heterocycles. The van der Waals surface area contributed by atoms with Crippen molar-refractivity contribution in [1.82, 2.24) is 9.88 Å². The lowest BCUT2D eigenvalue weighted by molar-refractivity contribution is 0.0984. The van der Waals surface area contributed by atoms with Crippen molar-refractivity contribution < 1.29 is 9.53 Å².